The molecule has 2 aromatic rings. The Labute approximate surface area is 121 Å². The lowest BCUT2D eigenvalue weighted by molar-refractivity contribution is 0.414. The molecular weight excluding hydrogens is 244 g/mol. The first-order chi connectivity index (χ1) is 9.49. The molecule has 0 aromatic heterocycles. The van der Waals surface area contributed by atoms with Gasteiger partial charge in [-0.3, -0.25) is 0 Å². The van der Waals surface area contributed by atoms with E-state index >= 15 is 0 Å². The Hall–Kier alpha value is -2.02. The van der Waals surface area contributed by atoms with E-state index in [-0.39, 0.29) is 5.41 Å². The van der Waals surface area contributed by atoms with Crippen LogP contribution in [0.4, 0.5) is 0 Å². The molecule has 0 fully saturated rings. The third-order valence-corrected chi connectivity index (χ3v) is 3.34. The number of methoxy groups -OCH3 is 1. The first-order valence-corrected chi connectivity index (χ1v) is 6.92. The highest BCUT2D eigenvalue weighted by Crippen LogP contribution is 2.23. The molecular formula is C19H22O. The van der Waals surface area contributed by atoms with E-state index < -0.39 is 0 Å². The first-order valence-electron chi connectivity index (χ1n) is 6.92. The Balaban J connectivity index is 2.15. The monoisotopic (exact) mass is 266 g/mol. The predicted molar refractivity (Wildman–Crippen MR) is 87.1 cm³/mol. The summed E-state index contributed by atoms with van der Waals surface area (Å²) in [6.07, 6.45) is 4.23. The lowest BCUT2D eigenvalue weighted by Gasteiger charge is -2.18. The lowest BCUT2D eigenvalue weighted by atomic mass is 9.87. The average Bonchev–Trinajstić information content (AvgIpc) is 2.45. The summed E-state index contributed by atoms with van der Waals surface area (Å²) in [6.45, 7) is 6.69. The second-order valence-corrected chi connectivity index (χ2v) is 5.98. The molecule has 0 aliphatic heterocycles. The van der Waals surface area contributed by atoms with E-state index in [4.69, 9.17) is 4.74 Å². The van der Waals surface area contributed by atoms with Gasteiger partial charge in [0, 0.05) is 0 Å². The molecule has 2 rings (SSSR count). The highest BCUT2D eigenvalue weighted by Gasteiger charge is 2.12. The normalized spacial score (nSPS) is 11.8. The molecule has 0 heterocycles. The smallest absolute Gasteiger partial charge is 0.119 e. The topological polar surface area (TPSA) is 9.23 Å². The van der Waals surface area contributed by atoms with Crippen LogP contribution in [0.1, 0.15) is 37.5 Å². The van der Waals surface area contributed by atoms with Crippen molar-refractivity contribution >= 4 is 12.2 Å². The lowest BCUT2D eigenvalue weighted by Crippen LogP contribution is -2.10. The zero-order valence-corrected chi connectivity index (χ0v) is 12.7. The third kappa shape index (κ3) is 3.74. The van der Waals surface area contributed by atoms with Crippen LogP contribution in [-0.2, 0) is 5.41 Å². The van der Waals surface area contributed by atoms with Crippen molar-refractivity contribution in [3.63, 3.8) is 0 Å². The van der Waals surface area contributed by atoms with E-state index in [0.29, 0.717) is 0 Å². The van der Waals surface area contributed by atoms with E-state index in [1.807, 2.05) is 18.2 Å². The fourth-order valence-electron chi connectivity index (χ4n) is 2.03. The third-order valence-electron chi connectivity index (χ3n) is 3.34. The van der Waals surface area contributed by atoms with Crippen LogP contribution in [-0.4, -0.2) is 7.11 Å². The summed E-state index contributed by atoms with van der Waals surface area (Å²) in [5, 5.41) is 0. The Kier molecular flexibility index (Phi) is 4.29. The van der Waals surface area contributed by atoms with E-state index in [9.17, 15) is 0 Å². The van der Waals surface area contributed by atoms with E-state index in [1.54, 1.807) is 7.11 Å². The number of ether oxygens (including phenoxy) is 1. The van der Waals surface area contributed by atoms with Crippen molar-refractivity contribution in [3.8, 4) is 5.75 Å². The molecule has 20 heavy (non-hydrogen) atoms. The largest absolute Gasteiger partial charge is 0.497 e. The minimum atomic E-state index is 0.203. The van der Waals surface area contributed by atoms with Gasteiger partial charge in [0.05, 0.1) is 7.11 Å². The quantitative estimate of drug-likeness (QED) is 0.697. The van der Waals surface area contributed by atoms with Gasteiger partial charge < -0.3 is 4.74 Å². The maximum absolute atomic E-state index is 5.23. The zero-order chi connectivity index (χ0) is 14.6. The van der Waals surface area contributed by atoms with E-state index in [2.05, 4.69) is 63.3 Å². The van der Waals surface area contributed by atoms with Crippen LogP contribution in [0.25, 0.3) is 12.2 Å². The molecule has 0 atom stereocenters. The summed E-state index contributed by atoms with van der Waals surface area (Å²) in [5.41, 5.74) is 3.91. The van der Waals surface area contributed by atoms with Gasteiger partial charge in [-0.15, -0.1) is 0 Å². The molecule has 0 saturated heterocycles. The molecule has 0 saturated carbocycles. The van der Waals surface area contributed by atoms with Crippen LogP contribution in [0, 0.1) is 0 Å². The molecule has 0 spiro atoms. The summed E-state index contributed by atoms with van der Waals surface area (Å²) >= 11 is 0. The van der Waals surface area contributed by atoms with Crippen molar-refractivity contribution in [2.75, 3.05) is 7.11 Å². The predicted octanol–water partition coefficient (Wildman–Crippen LogP) is 5.16. The highest BCUT2D eigenvalue weighted by atomic mass is 16.5. The summed E-state index contributed by atoms with van der Waals surface area (Å²) in [4.78, 5) is 0. The van der Waals surface area contributed by atoms with Crippen molar-refractivity contribution < 1.29 is 4.74 Å². The molecule has 0 aliphatic carbocycles. The second kappa shape index (κ2) is 5.96. The molecule has 2 aromatic carbocycles. The zero-order valence-electron chi connectivity index (χ0n) is 12.7. The maximum Gasteiger partial charge on any atom is 0.119 e. The van der Waals surface area contributed by atoms with Gasteiger partial charge in [-0.05, 0) is 34.2 Å². The van der Waals surface area contributed by atoms with Crippen LogP contribution in [0.2, 0.25) is 0 Å². The summed E-state index contributed by atoms with van der Waals surface area (Å²) in [6, 6.07) is 16.8. The fourth-order valence-corrected chi connectivity index (χ4v) is 2.03. The SMILES string of the molecule is COc1cccc(/C=C/c2ccc(C(C)(C)C)cc2)c1. The van der Waals surface area contributed by atoms with Crippen molar-refractivity contribution in [1.29, 1.82) is 0 Å². The maximum atomic E-state index is 5.23. The standard InChI is InChI=1S/C19H22O/c1-19(2,3)17-12-10-15(11-13-17)8-9-16-6-5-7-18(14-16)20-4/h5-14H,1-4H3/b9-8+. The summed E-state index contributed by atoms with van der Waals surface area (Å²) in [7, 11) is 1.69. The van der Waals surface area contributed by atoms with Crippen LogP contribution in [0.15, 0.2) is 48.5 Å². The van der Waals surface area contributed by atoms with Crippen molar-refractivity contribution in [2.45, 2.75) is 26.2 Å². The van der Waals surface area contributed by atoms with Gasteiger partial charge in [-0.25, -0.2) is 0 Å². The molecule has 0 radical (unpaired) electrons. The van der Waals surface area contributed by atoms with Gasteiger partial charge in [0.25, 0.3) is 0 Å². The molecule has 0 N–H and O–H groups in total. The van der Waals surface area contributed by atoms with Crippen molar-refractivity contribution in [2.24, 2.45) is 0 Å². The fraction of sp³-hybridized carbons (Fsp3) is 0.263. The Morgan fingerprint density at radius 2 is 1.50 bits per heavy atom. The number of hydrogen-bond acceptors (Lipinski definition) is 1. The molecule has 0 unspecified atom stereocenters. The second-order valence-electron chi connectivity index (χ2n) is 5.98. The van der Waals surface area contributed by atoms with Crippen molar-refractivity contribution in [3.05, 3.63) is 65.2 Å². The Morgan fingerprint density at radius 1 is 0.850 bits per heavy atom. The first kappa shape index (κ1) is 14.4. The van der Waals surface area contributed by atoms with Crippen molar-refractivity contribution in [1.82, 2.24) is 0 Å². The number of rotatable bonds is 3. The van der Waals surface area contributed by atoms with E-state index in [0.717, 1.165) is 11.3 Å². The molecule has 104 valence electrons. The van der Waals surface area contributed by atoms with Gasteiger partial charge in [0.2, 0.25) is 0 Å². The van der Waals surface area contributed by atoms with Gasteiger partial charge >= 0.3 is 0 Å². The number of hydrogen-bond donors (Lipinski definition) is 0. The number of benzene rings is 2. The summed E-state index contributed by atoms with van der Waals surface area (Å²) < 4.78 is 5.23. The van der Waals surface area contributed by atoms with E-state index in [1.165, 1.54) is 11.1 Å². The minimum absolute atomic E-state index is 0.203. The van der Waals surface area contributed by atoms with Crippen LogP contribution in [0.5, 0.6) is 5.75 Å². The van der Waals surface area contributed by atoms with Crippen LogP contribution in [0.3, 0.4) is 0 Å². The van der Waals surface area contributed by atoms with Gasteiger partial charge in [-0.2, -0.15) is 0 Å². The van der Waals surface area contributed by atoms with Gasteiger partial charge in [-0.1, -0.05) is 69.3 Å². The van der Waals surface area contributed by atoms with Gasteiger partial charge in [0.1, 0.15) is 5.75 Å². The molecule has 1 nitrogen and oxygen atoms in total. The van der Waals surface area contributed by atoms with Crippen LogP contribution < -0.4 is 4.74 Å². The Bertz CT molecular complexity index is 586. The average molecular weight is 266 g/mol. The minimum Gasteiger partial charge on any atom is -0.497 e. The van der Waals surface area contributed by atoms with Gasteiger partial charge in [0.15, 0.2) is 0 Å². The molecule has 1 heteroatoms. The summed E-state index contributed by atoms with van der Waals surface area (Å²) in [5.74, 6) is 0.884. The Morgan fingerprint density at radius 3 is 2.10 bits per heavy atom. The molecule has 0 bridgehead atoms. The van der Waals surface area contributed by atoms with Crippen LogP contribution >= 0.6 is 0 Å². The highest BCUT2D eigenvalue weighted by molar-refractivity contribution is 5.70. The molecule has 0 aliphatic rings. The molecule has 0 amide bonds.